The average Bonchev–Trinajstić information content (AvgIpc) is 2.65. The minimum atomic E-state index is -0.890. The number of benzene rings is 2. The second-order valence-corrected chi connectivity index (χ2v) is 5.32. The van der Waals surface area contributed by atoms with Gasteiger partial charge in [0.1, 0.15) is 0 Å². The monoisotopic (exact) mass is 343 g/mol. The SMILES string of the molecule is COc1ccc([C@H]2Oc3c(cccc3OC)C=C2[N+](=O)[O-])cc1OC. The van der Waals surface area contributed by atoms with Gasteiger partial charge in [-0.1, -0.05) is 18.2 Å². The Kier molecular flexibility index (Phi) is 4.47. The topological polar surface area (TPSA) is 80.1 Å². The Morgan fingerprint density at radius 3 is 2.36 bits per heavy atom. The van der Waals surface area contributed by atoms with E-state index in [2.05, 4.69) is 0 Å². The number of rotatable bonds is 5. The fourth-order valence-electron chi connectivity index (χ4n) is 2.75. The lowest BCUT2D eigenvalue weighted by Crippen LogP contribution is -2.20. The molecule has 0 bridgehead atoms. The van der Waals surface area contributed by atoms with Crippen LogP contribution in [0.4, 0.5) is 0 Å². The van der Waals surface area contributed by atoms with Gasteiger partial charge in [-0.25, -0.2) is 0 Å². The summed E-state index contributed by atoms with van der Waals surface area (Å²) in [5, 5.41) is 11.6. The summed E-state index contributed by atoms with van der Waals surface area (Å²) in [6, 6.07) is 10.3. The van der Waals surface area contributed by atoms with E-state index in [0.29, 0.717) is 34.1 Å². The number of nitrogens with zero attached hydrogens (tertiary/aromatic N) is 1. The van der Waals surface area contributed by atoms with Crippen molar-refractivity contribution in [3.8, 4) is 23.0 Å². The van der Waals surface area contributed by atoms with Gasteiger partial charge in [-0.15, -0.1) is 0 Å². The minimum Gasteiger partial charge on any atom is -0.493 e. The molecule has 0 fully saturated rings. The Morgan fingerprint density at radius 2 is 1.72 bits per heavy atom. The number of fused-ring (bicyclic) bond motifs is 1. The molecule has 0 aliphatic carbocycles. The lowest BCUT2D eigenvalue weighted by molar-refractivity contribution is -0.434. The zero-order chi connectivity index (χ0) is 18.0. The smallest absolute Gasteiger partial charge is 0.291 e. The molecule has 0 saturated heterocycles. The van der Waals surface area contributed by atoms with Gasteiger partial charge in [-0.3, -0.25) is 10.1 Å². The predicted molar refractivity (Wildman–Crippen MR) is 90.9 cm³/mol. The van der Waals surface area contributed by atoms with Crippen LogP contribution < -0.4 is 18.9 Å². The van der Waals surface area contributed by atoms with E-state index in [4.69, 9.17) is 18.9 Å². The average molecular weight is 343 g/mol. The molecule has 130 valence electrons. The van der Waals surface area contributed by atoms with Gasteiger partial charge in [0.2, 0.25) is 6.10 Å². The molecule has 2 aromatic rings. The van der Waals surface area contributed by atoms with Crippen molar-refractivity contribution in [3.05, 3.63) is 63.3 Å². The van der Waals surface area contributed by atoms with Crippen molar-refractivity contribution in [2.24, 2.45) is 0 Å². The third kappa shape index (κ3) is 2.96. The van der Waals surface area contributed by atoms with Crippen molar-refractivity contribution >= 4 is 6.08 Å². The van der Waals surface area contributed by atoms with Crippen LogP contribution in [0.5, 0.6) is 23.0 Å². The molecule has 0 saturated carbocycles. The molecule has 7 heteroatoms. The third-order valence-electron chi connectivity index (χ3n) is 3.96. The summed E-state index contributed by atoms with van der Waals surface area (Å²) < 4.78 is 21.8. The quantitative estimate of drug-likeness (QED) is 0.611. The van der Waals surface area contributed by atoms with E-state index in [-0.39, 0.29) is 5.70 Å². The molecule has 3 rings (SSSR count). The summed E-state index contributed by atoms with van der Waals surface area (Å²) in [6.45, 7) is 0. The van der Waals surface area contributed by atoms with Gasteiger partial charge in [0.25, 0.3) is 5.70 Å². The fourth-order valence-corrected chi connectivity index (χ4v) is 2.75. The van der Waals surface area contributed by atoms with E-state index in [9.17, 15) is 10.1 Å². The molecule has 1 atom stereocenters. The first-order chi connectivity index (χ1) is 12.1. The van der Waals surface area contributed by atoms with E-state index < -0.39 is 11.0 Å². The molecule has 25 heavy (non-hydrogen) atoms. The van der Waals surface area contributed by atoms with Crippen molar-refractivity contribution in [3.63, 3.8) is 0 Å². The van der Waals surface area contributed by atoms with Gasteiger partial charge in [0.05, 0.1) is 26.3 Å². The van der Waals surface area contributed by atoms with E-state index in [1.807, 2.05) is 0 Å². The maximum absolute atomic E-state index is 11.6. The van der Waals surface area contributed by atoms with Crippen LogP contribution >= 0.6 is 0 Å². The highest BCUT2D eigenvalue weighted by Gasteiger charge is 2.35. The van der Waals surface area contributed by atoms with Crippen molar-refractivity contribution < 1.29 is 23.9 Å². The zero-order valence-corrected chi connectivity index (χ0v) is 14.0. The largest absolute Gasteiger partial charge is 0.493 e. The zero-order valence-electron chi connectivity index (χ0n) is 14.0. The Hall–Kier alpha value is -3.22. The molecule has 0 amide bonds. The molecule has 1 aliphatic heterocycles. The van der Waals surface area contributed by atoms with Crippen LogP contribution in [-0.2, 0) is 0 Å². The lowest BCUT2D eigenvalue weighted by atomic mass is 10.0. The van der Waals surface area contributed by atoms with Gasteiger partial charge >= 0.3 is 0 Å². The fraction of sp³-hybridized carbons (Fsp3) is 0.222. The second kappa shape index (κ2) is 6.72. The second-order valence-electron chi connectivity index (χ2n) is 5.32. The van der Waals surface area contributed by atoms with Crippen LogP contribution in [0, 0.1) is 10.1 Å². The third-order valence-corrected chi connectivity index (χ3v) is 3.96. The number of para-hydroxylation sites is 1. The molecule has 0 unspecified atom stereocenters. The molecule has 1 aliphatic rings. The lowest BCUT2D eigenvalue weighted by Gasteiger charge is -2.24. The summed E-state index contributed by atoms with van der Waals surface area (Å²) in [6.07, 6.45) is 0.613. The summed E-state index contributed by atoms with van der Waals surface area (Å²) >= 11 is 0. The Bertz CT molecular complexity index is 845. The van der Waals surface area contributed by atoms with Crippen molar-refractivity contribution in [2.75, 3.05) is 21.3 Å². The highest BCUT2D eigenvalue weighted by atomic mass is 16.6. The molecule has 0 aromatic heterocycles. The van der Waals surface area contributed by atoms with Gasteiger partial charge < -0.3 is 18.9 Å². The number of methoxy groups -OCH3 is 3. The molecule has 0 spiro atoms. The van der Waals surface area contributed by atoms with Crippen molar-refractivity contribution in [2.45, 2.75) is 6.10 Å². The van der Waals surface area contributed by atoms with Gasteiger partial charge in [-0.2, -0.15) is 0 Å². The molecule has 0 radical (unpaired) electrons. The molecular formula is C18H17NO6. The summed E-state index contributed by atoms with van der Waals surface area (Å²) in [4.78, 5) is 11.1. The maximum Gasteiger partial charge on any atom is 0.291 e. The van der Waals surface area contributed by atoms with Gasteiger partial charge in [0, 0.05) is 17.2 Å². The van der Waals surface area contributed by atoms with Gasteiger partial charge in [0.15, 0.2) is 23.0 Å². The normalized spacial score (nSPS) is 15.5. The molecular weight excluding hydrogens is 326 g/mol. The maximum atomic E-state index is 11.6. The van der Waals surface area contributed by atoms with Crippen LogP contribution in [0.25, 0.3) is 6.08 Å². The van der Waals surface area contributed by atoms with E-state index in [0.717, 1.165) is 0 Å². The molecule has 2 aromatic carbocycles. The van der Waals surface area contributed by atoms with Crippen LogP contribution in [0.2, 0.25) is 0 Å². The highest BCUT2D eigenvalue weighted by molar-refractivity contribution is 5.66. The summed E-state index contributed by atoms with van der Waals surface area (Å²) in [7, 11) is 4.56. The molecule has 7 nitrogen and oxygen atoms in total. The predicted octanol–water partition coefficient (Wildman–Crippen LogP) is 3.46. The first-order valence-electron chi connectivity index (χ1n) is 7.50. The minimum absolute atomic E-state index is 0.0621. The standard InChI is InChI=1S/C18H17NO6/c1-22-14-8-7-12(10-16(14)24-3)17-13(19(20)21)9-11-5-4-6-15(23-2)18(11)25-17/h4-10,17H,1-3H3/t17-/m1/s1. The van der Waals surface area contributed by atoms with E-state index in [1.165, 1.54) is 27.4 Å². The number of ether oxygens (including phenoxy) is 4. The summed E-state index contributed by atoms with van der Waals surface area (Å²) in [5.74, 6) is 1.99. The Balaban J connectivity index is 2.11. The van der Waals surface area contributed by atoms with Crippen molar-refractivity contribution in [1.29, 1.82) is 0 Å². The van der Waals surface area contributed by atoms with E-state index in [1.54, 1.807) is 36.4 Å². The number of hydrogen-bond acceptors (Lipinski definition) is 6. The molecule has 0 N–H and O–H groups in total. The van der Waals surface area contributed by atoms with Crippen LogP contribution in [0.15, 0.2) is 42.1 Å². The Labute approximate surface area is 144 Å². The van der Waals surface area contributed by atoms with Crippen LogP contribution in [-0.4, -0.2) is 26.3 Å². The first kappa shape index (κ1) is 16.6. The summed E-state index contributed by atoms with van der Waals surface area (Å²) in [5.41, 5.74) is 1.12. The Morgan fingerprint density at radius 1 is 1.00 bits per heavy atom. The molecule has 1 heterocycles. The van der Waals surface area contributed by atoms with Crippen molar-refractivity contribution in [1.82, 2.24) is 0 Å². The number of hydrogen-bond donors (Lipinski definition) is 0. The van der Waals surface area contributed by atoms with Crippen LogP contribution in [0.3, 0.4) is 0 Å². The highest BCUT2D eigenvalue weighted by Crippen LogP contribution is 2.43. The van der Waals surface area contributed by atoms with Gasteiger partial charge in [-0.05, 0) is 18.2 Å². The first-order valence-corrected chi connectivity index (χ1v) is 7.50. The van der Waals surface area contributed by atoms with E-state index >= 15 is 0 Å². The van der Waals surface area contributed by atoms with Crippen LogP contribution in [0.1, 0.15) is 17.2 Å². The number of nitro groups is 1.